The molecule has 19 heavy (non-hydrogen) atoms. The van der Waals surface area contributed by atoms with Crippen LogP contribution in [0.1, 0.15) is 55.3 Å². The normalized spacial score (nSPS) is 19.6. The van der Waals surface area contributed by atoms with Crippen LogP contribution >= 0.6 is 11.8 Å². The van der Waals surface area contributed by atoms with E-state index >= 15 is 0 Å². The molecule has 0 saturated heterocycles. The molecule has 0 amide bonds. The minimum Gasteiger partial charge on any atom is -0.309 e. The smallest absolute Gasteiger partial charge is 0.0295 e. The average molecular weight is 277 g/mol. The standard InChI is InChI=1S/C17H27NS/c1-13-7-8-14(2)16(11-13)15(3)18-12-17(19-4)9-5-6-10-17/h7-8,11,15,18H,5-6,9-10,12H2,1-4H3. The molecule has 1 saturated carbocycles. The second kappa shape index (κ2) is 6.32. The van der Waals surface area contributed by atoms with Gasteiger partial charge in [-0.25, -0.2) is 0 Å². The molecule has 1 N–H and O–H groups in total. The van der Waals surface area contributed by atoms with E-state index in [1.165, 1.54) is 42.4 Å². The highest BCUT2D eigenvalue weighted by Gasteiger charge is 2.32. The van der Waals surface area contributed by atoms with E-state index < -0.39 is 0 Å². The van der Waals surface area contributed by atoms with Crippen molar-refractivity contribution in [2.24, 2.45) is 0 Å². The topological polar surface area (TPSA) is 12.0 Å². The summed E-state index contributed by atoms with van der Waals surface area (Å²) in [6.07, 6.45) is 7.83. The van der Waals surface area contributed by atoms with Gasteiger partial charge in [-0.1, -0.05) is 36.6 Å². The number of aryl methyl sites for hydroxylation is 2. The maximum absolute atomic E-state index is 3.78. The molecule has 1 fully saturated rings. The highest BCUT2D eigenvalue weighted by Crippen LogP contribution is 2.40. The van der Waals surface area contributed by atoms with Crippen molar-refractivity contribution >= 4 is 11.8 Å². The van der Waals surface area contributed by atoms with Crippen molar-refractivity contribution in [2.45, 2.75) is 57.2 Å². The number of hydrogen-bond donors (Lipinski definition) is 1. The zero-order valence-electron chi connectivity index (χ0n) is 12.8. The molecule has 1 aliphatic rings. The van der Waals surface area contributed by atoms with E-state index in [2.05, 4.69) is 62.3 Å². The molecule has 106 valence electrons. The summed E-state index contributed by atoms with van der Waals surface area (Å²) in [7, 11) is 0. The molecule has 1 aliphatic carbocycles. The predicted octanol–water partition coefficient (Wildman–Crippen LogP) is 4.63. The summed E-state index contributed by atoms with van der Waals surface area (Å²) in [5.41, 5.74) is 4.21. The van der Waals surface area contributed by atoms with Crippen LogP contribution in [-0.2, 0) is 0 Å². The lowest BCUT2D eigenvalue weighted by Gasteiger charge is -2.29. The van der Waals surface area contributed by atoms with Crippen molar-refractivity contribution in [3.05, 3.63) is 34.9 Å². The summed E-state index contributed by atoms with van der Waals surface area (Å²) in [6, 6.07) is 7.21. The summed E-state index contributed by atoms with van der Waals surface area (Å²) in [5.74, 6) is 0. The molecule has 2 heteroatoms. The van der Waals surface area contributed by atoms with Gasteiger partial charge in [0.2, 0.25) is 0 Å². The monoisotopic (exact) mass is 277 g/mol. The molecule has 0 bridgehead atoms. The second-order valence-electron chi connectivity index (χ2n) is 6.06. The third-order valence-electron chi connectivity index (χ3n) is 4.58. The first-order valence-corrected chi connectivity index (χ1v) is 8.64. The van der Waals surface area contributed by atoms with Gasteiger partial charge >= 0.3 is 0 Å². The average Bonchev–Trinajstić information content (AvgIpc) is 2.88. The first-order chi connectivity index (χ1) is 9.06. The van der Waals surface area contributed by atoms with Crippen LogP contribution in [0.3, 0.4) is 0 Å². The lowest BCUT2D eigenvalue weighted by molar-refractivity contribution is 0.485. The SMILES string of the molecule is CSC1(CNC(C)c2cc(C)ccc2C)CCCC1. The van der Waals surface area contributed by atoms with Gasteiger partial charge in [0.15, 0.2) is 0 Å². The Morgan fingerprint density at radius 1 is 1.26 bits per heavy atom. The summed E-state index contributed by atoms with van der Waals surface area (Å²) in [6.45, 7) is 7.83. The van der Waals surface area contributed by atoms with Crippen molar-refractivity contribution in [3.63, 3.8) is 0 Å². The predicted molar refractivity (Wildman–Crippen MR) is 87.0 cm³/mol. The zero-order valence-corrected chi connectivity index (χ0v) is 13.6. The highest BCUT2D eigenvalue weighted by atomic mass is 32.2. The van der Waals surface area contributed by atoms with E-state index in [-0.39, 0.29) is 0 Å². The van der Waals surface area contributed by atoms with E-state index in [1.54, 1.807) is 0 Å². The zero-order chi connectivity index (χ0) is 13.9. The molecule has 1 nitrogen and oxygen atoms in total. The molecule has 0 radical (unpaired) electrons. The summed E-state index contributed by atoms with van der Waals surface area (Å²) >= 11 is 2.06. The Labute approximate surface area is 122 Å². The van der Waals surface area contributed by atoms with Crippen molar-refractivity contribution in [2.75, 3.05) is 12.8 Å². The molecule has 0 aromatic heterocycles. The molecule has 1 atom stereocenters. The minimum absolute atomic E-state index is 0.449. The van der Waals surface area contributed by atoms with Gasteiger partial charge in [0, 0.05) is 17.3 Å². The van der Waals surface area contributed by atoms with Crippen LogP contribution in [0.4, 0.5) is 0 Å². The van der Waals surface area contributed by atoms with Gasteiger partial charge in [0.1, 0.15) is 0 Å². The number of thioether (sulfide) groups is 1. The van der Waals surface area contributed by atoms with E-state index in [1.807, 2.05) is 0 Å². The van der Waals surface area contributed by atoms with Crippen LogP contribution in [0.2, 0.25) is 0 Å². The minimum atomic E-state index is 0.449. The fourth-order valence-electron chi connectivity index (χ4n) is 3.15. The van der Waals surface area contributed by atoms with Crippen LogP contribution in [0.25, 0.3) is 0 Å². The van der Waals surface area contributed by atoms with E-state index in [9.17, 15) is 0 Å². The Morgan fingerprint density at radius 3 is 2.58 bits per heavy atom. The summed E-state index contributed by atoms with van der Waals surface area (Å²) < 4.78 is 0.492. The number of hydrogen-bond acceptors (Lipinski definition) is 2. The van der Waals surface area contributed by atoms with E-state index in [0.717, 1.165) is 6.54 Å². The molecule has 0 aliphatic heterocycles. The van der Waals surface area contributed by atoms with Crippen molar-refractivity contribution < 1.29 is 0 Å². The van der Waals surface area contributed by atoms with Crippen molar-refractivity contribution in [1.29, 1.82) is 0 Å². The van der Waals surface area contributed by atoms with Gasteiger partial charge < -0.3 is 5.32 Å². The van der Waals surface area contributed by atoms with Crippen molar-refractivity contribution in [3.8, 4) is 0 Å². The Bertz CT molecular complexity index is 421. The summed E-state index contributed by atoms with van der Waals surface area (Å²) in [5, 5.41) is 3.78. The number of benzene rings is 1. The Kier molecular flexibility index (Phi) is 4.97. The van der Waals surface area contributed by atoms with Gasteiger partial charge in [-0.3, -0.25) is 0 Å². The van der Waals surface area contributed by atoms with Gasteiger partial charge in [-0.15, -0.1) is 0 Å². The van der Waals surface area contributed by atoms with E-state index in [4.69, 9.17) is 0 Å². The maximum atomic E-state index is 3.78. The van der Waals surface area contributed by atoms with Gasteiger partial charge in [-0.05, 0) is 51.0 Å². The van der Waals surface area contributed by atoms with E-state index in [0.29, 0.717) is 10.8 Å². The molecule has 2 rings (SSSR count). The van der Waals surface area contributed by atoms with Crippen LogP contribution in [0.5, 0.6) is 0 Å². The van der Waals surface area contributed by atoms with Crippen molar-refractivity contribution in [1.82, 2.24) is 5.32 Å². The molecule has 1 aromatic carbocycles. The largest absolute Gasteiger partial charge is 0.309 e. The number of nitrogens with one attached hydrogen (secondary N) is 1. The van der Waals surface area contributed by atoms with Gasteiger partial charge in [0.25, 0.3) is 0 Å². The maximum Gasteiger partial charge on any atom is 0.0295 e. The van der Waals surface area contributed by atoms with Crippen LogP contribution < -0.4 is 5.32 Å². The lowest BCUT2D eigenvalue weighted by Crippen LogP contribution is -2.36. The van der Waals surface area contributed by atoms with Crippen LogP contribution in [0.15, 0.2) is 18.2 Å². The van der Waals surface area contributed by atoms with Gasteiger partial charge in [-0.2, -0.15) is 11.8 Å². The molecule has 0 spiro atoms. The molecule has 0 heterocycles. The third-order valence-corrected chi connectivity index (χ3v) is 6.00. The molecule has 1 unspecified atom stereocenters. The Morgan fingerprint density at radius 2 is 1.95 bits per heavy atom. The highest BCUT2D eigenvalue weighted by molar-refractivity contribution is 8.00. The first kappa shape index (κ1) is 14.9. The Hall–Kier alpha value is -0.470. The molecular formula is C17H27NS. The van der Waals surface area contributed by atoms with Gasteiger partial charge in [0.05, 0.1) is 0 Å². The van der Waals surface area contributed by atoms with Crippen LogP contribution in [-0.4, -0.2) is 17.5 Å². The second-order valence-corrected chi connectivity index (χ2v) is 7.33. The third kappa shape index (κ3) is 3.55. The summed E-state index contributed by atoms with van der Waals surface area (Å²) in [4.78, 5) is 0. The molecular weight excluding hydrogens is 250 g/mol. The van der Waals surface area contributed by atoms with Crippen LogP contribution in [0, 0.1) is 13.8 Å². The first-order valence-electron chi connectivity index (χ1n) is 7.42. The quantitative estimate of drug-likeness (QED) is 0.842. The molecule has 1 aromatic rings. The number of rotatable bonds is 5. The fourth-order valence-corrected chi connectivity index (χ4v) is 4.07. The Balaban J connectivity index is 2.00. The fraction of sp³-hybridized carbons (Fsp3) is 0.647. The lowest BCUT2D eigenvalue weighted by atomic mass is 9.99.